The van der Waals surface area contributed by atoms with Crippen molar-refractivity contribution in [1.29, 1.82) is 0 Å². The van der Waals surface area contributed by atoms with Crippen LogP contribution in [-0.2, 0) is 14.3 Å². The average molecular weight is 330 g/mol. The second-order valence-corrected chi connectivity index (χ2v) is 9.65. The fourth-order valence-electron chi connectivity index (χ4n) is 8.29. The Kier molecular flexibility index (Phi) is 2.35. The fourth-order valence-corrected chi connectivity index (χ4v) is 8.29. The topological polar surface area (TPSA) is 55.8 Å². The molecule has 8 fully saturated rings. The van der Waals surface area contributed by atoms with Gasteiger partial charge in [-0.2, -0.15) is 0 Å². The van der Waals surface area contributed by atoms with Gasteiger partial charge in [0.05, 0.1) is 17.6 Å². The molecule has 0 unspecified atom stereocenters. The summed E-state index contributed by atoms with van der Waals surface area (Å²) in [7, 11) is 0. The lowest BCUT2D eigenvalue weighted by Crippen LogP contribution is -2.80. The molecule has 0 amide bonds. The van der Waals surface area contributed by atoms with Crippen molar-refractivity contribution in [3.05, 3.63) is 12.2 Å². The Labute approximate surface area is 142 Å². The van der Waals surface area contributed by atoms with Crippen LogP contribution in [0.5, 0.6) is 0 Å². The molecule has 9 atom stereocenters. The molecule has 3 aliphatic heterocycles. The Morgan fingerprint density at radius 2 is 2.00 bits per heavy atom. The third kappa shape index (κ3) is 1.18. The normalized spacial score (nSPS) is 63.1. The van der Waals surface area contributed by atoms with Crippen molar-refractivity contribution in [1.82, 2.24) is 0 Å². The van der Waals surface area contributed by atoms with E-state index in [0.29, 0.717) is 17.8 Å². The molecule has 0 aromatic rings. The van der Waals surface area contributed by atoms with E-state index in [1.807, 2.05) is 0 Å². The van der Waals surface area contributed by atoms with Crippen LogP contribution in [0.2, 0.25) is 0 Å². The van der Waals surface area contributed by atoms with E-state index in [1.54, 1.807) is 0 Å². The van der Waals surface area contributed by atoms with Gasteiger partial charge in [0, 0.05) is 10.8 Å². The predicted octanol–water partition coefficient (Wildman–Crippen LogP) is 2.80. The molecule has 3 heterocycles. The number of carbonyl (C=O) groups excluding carboxylic acids is 1. The molecule has 4 heteroatoms. The Morgan fingerprint density at radius 3 is 2.83 bits per heavy atom. The van der Waals surface area contributed by atoms with Gasteiger partial charge in [-0.25, -0.2) is 0 Å². The molecule has 2 spiro atoms. The van der Waals surface area contributed by atoms with Crippen LogP contribution in [0.1, 0.15) is 51.9 Å². The average Bonchev–Trinajstić information content (AvgIpc) is 2.58. The molecule has 5 saturated carbocycles. The van der Waals surface area contributed by atoms with Crippen LogP contribution in [0.4, 0.5) is 0 Å². The van der Waals surface area contributed by atoms with Gasteiger partial charge in [-0.15, -0.1) is 0 Å². The Balaban J connectivity index is 1.57. The first-order valence-corrected chi connectivity index (χ1v) is 9.68. The van der Waals surface area contributed by atoms with E-state index >= 15 is 0 Å². The van der Waals surface area contributed by atoms with Crippen LogP contribution in [0.3, 0.4) is 0 Å². The van der Waals surface area contributed by atoms with Gasteiger partial charge < -0.3 is 14.6 Å². The van der Waals surface area contributed by atoms with Crippen molar-refractivity contribution >= 4 is 5.97 Å². The maximum atomic E-state index is 12.7. The fraction of sp³-hybridized carbons (Fsp3) is 0.850. The van der Waals surface area contributed by atoms with Crippen LogP contribution in [-0.4, -0.2) is 29.6 Å². The van der Waals surface area contributed by atoms with Crippen molar-refractivity contribution in [3.8, 4) is 0 Å². The minimum Gasteiger partial charge on any atom is -0.435 e. The van der Waals surface area contributed by atoms with Gasteiger partial charge in [-0.05, 0) is 68.8 Å². The van der Waals surface area contributed by atoms with E-state index in [-0.39, 0.29) is 34.6 Å². The summed E-state index contributed by atoms with van der Waals surface area (Å²) in [6.07, 6.45) is 6.47. The molecule has 8 rings (SSSR count). The van der Waals surface area contributed by atoms with Crippen molar-refractivity contribution in [2.75, 3.05) is 0 Å². The molecule has 3 saturated heterocycles. The molecule has 0 aromatic carbocycles. The van der Waals surface area contributed by atoms with Crippen molar-refractivity contribution in [2.45, 2.75) is 70.4 Å². The number of carbonyl (C=O) groups is 1. The van der Waals surface area contributed by atoms with E-state index < -0.39 is 6.10 Å². The van der Waals surface area contributed by atoms with Crippen LogP contribution in [0.25, 0.3) is 0 Å². The third-order valence-electron chi connectivity index (χ3n) is 9.31. The summed E-state index contributed by atoms with van der Waals surface area (Å²) in [5, 5.41) is 11.2. The van der Waals surface area contributed by atoms with Gasteiger partial charge in [0.2, 0.25) is 6.29 Å². The van der Waals surface area contributed by atoms with Gasteiger partial charge in [-0.1, -0.05) is 13.0 Å². The summed E-state index contributed by atoms with van der Waals surface area (Å²) in [5.41, 5.74) is 0.430. The standard InChI is InChI=1S/C20H26O4/c1-10-11-4-7-20(15(10)21)13(8-11)19-6-3-5-18(2)12(19)9-14(20)23-17(19)24-16(18)22/h11-15,17,21H,1,3-9H2,2H3/t11-,12+,13-,14+,15-,17-,18+,19-,20+/m0/s1. The maximum absolute atomic E-state index is 12.7. The predicted molar refractivity (Wildman–Crippen MR) is 85.7 cm³/mol. The number of hydrogen-bond donors (Lipinski definition) is 1. The van der Waals surface area contributed by atoms with Gasteiger partial charge in [0.15, 0.2) is 0 Å². The van der Waals surface area contributed by atoms with E-state index in [4.69, 9.17) is 9.47 Å². The maximum Gasteiger partial charge on any atom is 0.314 e. The lowest BCUT2D eigenvalue weighted by Gasteiger charge is -2.77. The largest absolute Gasteiger partial charge is 0.435 e. The summed E-state index contributed by atoms with van der Waals surface area (Å²) in [6.45, 7) is 6.36. The molecule has 0 radical (unpaired) electrons. The molecule has 0 aromatic heterocycles. The van der Waals surface area contributed by atoms with Crippen molar-refractivity contribution < 1.29 is 19.4 Å². The monoisotopic (exact) mass is 330 g/mol. The van der Waals surface area contributed by atoms with E-state index in [0.717, 1.165) is 50.5 Å². The molecule has 1 N–H and O–H groups in total. The number of esters is 1. The molecule has 8 aliphatic rings. The number of ether oxygens (including phenoxy) is 2. The summed E-state index contributed by atoms with van der Waals surface area (Å²) >= 11 is 0. The van der Waals surface area contributed by atoms with Crippen LogP contribution in [0, 0.1) is 34.0 Å². The zero-order valence-corrected chi connectivity index (χ0v) is 14.3. The SMILES string of the molecule is C=C1[C@H]2CC[C@]3([C@@H](C2)[C@@]24CCC[C@@]5(C)C(=O)O[C@@H]2O[C@@H]3C[C@@H]45)[C@H]1O. The number of fused-ring (bicyclic) bond motifs is 2. The minimum absolute atomic E-state index is 0.0119. The first-order valence-electron chi connectivity index (χ1n) is 9.68. The van der Waals surface area contributed by atoms with E-state index in [2.05, 4.69) is 13.5 Å². The lowest BCUT2D eigenvalue weighted by molar-refractivity contribution is -0.416. The molecule has 4 nitrogen and oxygen atoms in total. The van der Waals surface area contributed by atoms with E-state index in [9.17, 15) is 9.90 Å². The molecule has 5 aliphatic carbocycles. The zero-order chi connectivity index (χ0) is 16.5. The Hall–Kier alpha value is -0.870. The summed E-state index contributed by atoms with van der Waals surface area (Å²) in [4.78, 5) is 12.7. The first kappa shape index (κ1) is 14.3. The molecular formula is C20H26O4. The summed E-state index contributed by atoms with van der Waals surface area (Å²) < 4.78 is 12.3. The van der Waals surface area contributed by atoms with Crippen LogP contribution in [0.15, 0.2) is 12.2 Å². The van der Waals surface area contributed by atoms with Crippen molar-refractivity contribution in [3.63, 3.8) is 0 Å². The summed E-state index contributed by atoms with van der Waals surface area (Å²) in [5.74, 6) is 1.16. The van der Waals surface area contributed by atoms with E-state index in [1.165, 1.54) is 0 Å². The minimum atomic E-state index is -0.443. The highest BCUT2D eigenvalue weighted by molar-refractivity contribution is 5.78. The van der Waals surface area contributed by atoms with Gasteiger partial charge in [-0.3, -0.25) is 4.79 Å². The Morgan fingerprint density at radius 1 is 1.17 bits per heavy atom. The quantitative estimate of drug-likeness (QED) is 0.548. The highest BCUT2D eigenvalue weighted by Gasteiger charge is 2.80. The zero-order valence-electron chi connectivity index (χ0n) is 14.3. The number of aliphatic hydroxyl groups is 1. The smallest absolute Gasteiger partial charge is 0.314 e. The van der Waals surface area contributed by atoms with Crippen molar-refractivity contribution in [2.24, 2.45) is 34.0 Å². The first-order chi connectivity index (χ1) is 11.4. The highest BCUT2D eigenvalue weighted by Crippen LogP contribution is 2.77. The molecule has 7 bridgehead atoms. The third-order valence-corrected chi connectivity index (χ3v) is 9.31. The van der Waals surface area contributed by atoms with Gasteiger partial charge in [0.1, 0.15) is 0 Å². The molecular weight excluding hydrogens is 304 g/mol. The Bertz CT molecular complexity index is 673. The van der Waals surface area contributed by atoms with Crippen LogP contribution >= 0.6 is 0 Å². The van der Waals surface area contributed by atoms with Crippen LogP contribution < -0.4 is 0 Å². The molecule has 130 valence electrons. The number of hydrogen-bond acceptors (Lipinski definition) is 4. The highest BCUT2D eigenvalue weighted by atomic mass is 16.7. The van der Waals surface area contributed by atoms with Gasteiger partial charge in [0.25, 0.3) is 0 Å². The number of aliphatic hydroxyl groups excluding tert-OH is 1. The van der Waals surface area contributed by atoms with Gasteiger partial charge >= 0.3 is 5.97 Å². The second-order valence-electron chi connectivity index (χ2n) is 9.65. The second kappa shape index (κ2) is 3.93. The number of rotatable bonds is 0. The summed E-state index contributed by atoms with van der Waals surface area (Å²) in [6, 6.07) is 0. The lowest BCUT2D eigenvalue weighted by atomic mass is 9.33. The molecule has 24 heavy (non-hydrogen) atoms.